The van der Waals surface area contributed by atoms with Crippen molar-refractivity contribution in [3.05, 3.63) is 36.0 Å². The topological polar surface area (TPSA) is 61.3 Å². The molecule has 4 nitrogen and oxygen atoms in total. The molecule has 90 valence electrons. The molecule has 0 spiro atoms. The van der Waals surface area contributed by atoms with Gasteiger partial charge in [-0.3, -0.25) is 0 Å². The lowest BCUT2D eigenvalue weighted by Gasteiger charge is -2.12. The summed E-state index contributed by atoms with van der Waals surface area (Å²) >= 11 is 0. The first-order valence-corrected chi connectivity index (χ1v) is 5.62. The molecular formula is C13H16N2O2. The zero-order valence-corrected chi connectivity index (χ0v) is 10.0. The van der Waals surface area contributed by atoms with Crippen LogP contribution in [0.1, 0.15) is 19.5 Å². The highest BCUT2D eigenvalue weighted by molar-refractivity contribution is 5.65. The van der Waals surface area contributed by atoms with E-state index in [1.54, 1.807) is 0 Å². The summed E-state index contributed by atoms with van der Waals surface area (Å²) in [4.78, 5) is 0. The van der Waals surface area contributed by atoms with Gasteiger partial charge in [0.25, 0.3) is 0 Å². The second-order valence-corrected chi connectivity index (χ2v) is 4.05. The zero-order valence-electron chi connectivity index (χ0n) is 10.0. The quantitative estimate of drug-likeness (QED) is 0.880. The molecule has 0 aliphatic rings. The molecule has 0 aliphatic carbocycles. The lowest BCUT2D eigenvalue weighted by molar-refractivity contribution is 0.243. The van der Waals surface area contributed by atoms with Crippen molar-refractivity contribution in [1.29, 1.82) is 0 Å². The molecule has 0 saturated heterocycles. The van der Waals surface area contributed by atoms with Crippen LogP contribution in [0.2, 0.25) is 0 Å². The number of benzene rings is 1. The van der Waals surface area contributed by atoms with Gasteiger partial charge in [-0.15, -0.1) is 0 Å². The van der Waals surface area contributed by atoms with Gasteiger partial charge in [0, 0.05) is 12.6 Å². The fraction of sp³-hybridized carbons (Fsp3) is 0.308. The summed E-state index contributed by atoms with van der Waals surface area (Å²) in [6.45, 7) is 4.35. The zero-order chi connectivity index (χ0) is 12.3. The summed E-state index contributed by atoms with van der Waals surface area (Å²) in [7, 11) is 0. The van der Waals surface area contributed by atoms with E-state index in [4.69, 9.17) is 15.0 Å². The van der Waals surface area contributed by atoms with Crippen LogP contribution < -0.4 is 10.5 Å². The summed E-state index contributed by atoms with van der Waals surface area (Å²) < 4.78 is 11.0. The average Bonchev–Trinajstić information content (AvgIpc) is 2.77. The molecule has 1 heterocycles. The molecule has 2 aromatic rings. The van der Waals surface area contributed by atoms with E-state index in [0.29, 0.717) is 12.3 Å². The van der Waals surface area contributed by atoms with Crippen LogP contribution in [-0.2, 0) is 6.54 Å². The lowest BCUT2D eigenvalue weighted by Crippen LogP contribution is -2.06. The van der Waals surface area contributed by atoms with E-state index in [0.717, 1.165) is 17.0 Å². The Morgan fingerprint density at radius 1 is 1.35 bits per heavy atom. The monoisotopic (exact) mass is 232 g/mol. The normalized spacial score (nSPS) is 10.8. The predicted octanol–water partition coefficient (Wildman–Crippen LogP) is 2.59. The van der Waals surface area contributed by atoms with Crippen molar-refractivity contribution in [2.45, 2.75) is 26.5 Å². The van der Waals surface area contributed by atoms with E-state index in [1.165, 1.54) is 0 Å². The van der Waals surface area contributed by atoms with Gasteiger partial charge in [-0.1, -0.05) is 17.3 Å². The summed E-state index contributed by atoms with van der Waals surface area (Å²) in [6, 6.07) is 9.57. The van der Waals surface area contributed by atoms with Crippen molar-refractivity contribution in [1.82, 2.24) is 5.16 Å². The maximum atomic E-state index is 5.72. The third kappa shape index (κ3) is 2.65. The minimum absolute atomic E-state index is 0.119. The Balaban J connectivity index is 2.36. The number of ether oxygens (including phenoxy) is 1. The van der Waals surface area contributed by atoms with E-state index < -0.39 is 0 Å². The maximum absolute atomic E-state index is 5.72. The van der Waals surface area contributed by atoms with Gasteiger partial charge in [0.1, 0.15) is 5.75 Å². The lowest BCUT2D eigenvalue weighted by atomic mass is 10.1. The first-order valence-electron chi connectivity index (χ1n) is 5.62. The molecule has 0 aliphatic heterocycles. The Labute approximate surface area is 100 Å². The molecule has 17 heavy (non-hydrogen) atoms. The molecule has 0 radical (unpaired) electrons. The predicted molar refractivity (Wildman–Crippen MR) is 65.6 cm³/mol. The van der Waals surface area contributed by atoms with Gasteiger partial charge >= 0.3 is 0 Å². The van der Waals surface area contributed by atoms with Gasteiger partial charge in [0.05, 0.1) is 17.4 Å². The number of nitrogens with zero attached hydrogens (tertiary/aromatic N) is 1. The van der Waals surface area contributed by atoms with Gasteiger partial charge in [0.15, 0.2) is 5.76 Å². The molecule has 0 fully saturated rings. The SMILES string of the molecule is CC(C)Oc1ccccc1-c1cc(CN)no1. The Kier molecular flexibility index (Phi) is 3.44. The van der Waals surface area contributed by atoms with E-state index in [9.17, 15) is 0 Å². The van der Waals surface area contributed by atoms with Crippen molar-refractivity contribution in [3.63, 3.8) is 0 Å². The van der Waals surface area contributed by atoms with Crippen LogP contribution in [0.15, 0.2) is 34.9 Å². The Morgan fingerprint density at radius 3 is 2.76 bits per heavy atom. The largest absolute Gasteiger partial charge is 0.490 e. The van der Waals surface area contributed by atoms with Crippen LogP contribution in [0.5, 0.6) is 5.75 Å². The van der Waals surface area contributed by atoms with Crippen LogP contribution in [0, 0.1) is 0 Å². The molecule has 4 heteroatoms. The molecule has 1 aromatic heterocycles. The minimum Gasteiger partial charge on any atom is -0.490 e. The van der Waals surface area contributed by atoms with Crippen LogP contribution in [0.25, 0.3) is 11.3 Å². The van der Waals surface area contributed by atoms with Gasteiger partial charge < -0.3 is 15.0 Å². The number of rotatable bonds is 4. The van der Waals surface area contributed by atoms with Crippen LogP contribution in [0.4, 0.5) is 0 Å². The van der Waals surface area contributed by atoms with E-state index in [-0.39, 0.29) is 6.10 Å². The van der Waals surface area contributed by atoms with E-state index >= 15 is 0 Å². The van der Waals surface area contributed by atoms with Crippen molar-refractivity contribution in [2.24, 2.45) is 5.73 Å². The smallest absolute Gasteiger partial charge is 0.170 e. The highest BCUT2D eigenvalue weighted by Gasteiger charge is 2.12. The Morgan fingerprint density at radius 2 is 2.12 bits per heavy atom. The molecule has 2 N–H and O–H groups in total. The highest BCUT2D eigenvalue weighted by Crippen LogP contribution is 2.30. The molecular weight excluding hydrogens is 216 g/mol. The molecule has 0 bridgehead atoms. The summed E-state index contributed by atoms with van der Waals surface area (Å²) in [5.41, 5.74) is 7.14. The van der Waals surface area contributed by atoms with Gasteiger partial charge in [-0.25, -0.2) is 0 Å². The van der Waals surface area contributed by atoms with Crippen LogP contribution in [0.3, 0.4) is 0 Å². The first-order chi connectivity index (χ1) is 8.20. The molecule has 0 unspecified atom stereocenters. The standard InChI is InChI=1S/C13H16N2O2/c1-9(2)16-12-6-4-3-5-11(12)13-7-10(8-14)15-17-13/h3-7,9H,8,14H2,1-2H3. The minimum atomic E-state index is 0.119. The summed E-state index contributed by atoms with van der Waals surface area (Å²) in [5, 5.41) is 3.88. The van der Waals surface area contributed by atoms with E-state index in [1.807, 2.05) is 44.2 Å². The Hall–Kier alpha value is -1.81. The average molecular weight is 232 g/mol. The number of nitrogens with two attached hydrogens (primary N) is 1. The third-order valence-corrected chi connectivity index (χ3v) is 2.28. The van der Waals surface area contributed by atoms with Gasteiger partial charge in [-0.05, 0) is 26.0 Å². The van der Waals surface area contributed by atoms with Crippen LogP contribution >= 0.6 is 0 Å². The number of hydrogen-bond donors (Lipinski definition) is 1. The van der Waals surface area contributed by atoms with Crippen LogP contribution in [-0.4, -0.2) is 11.3 Å². The summed E-state index contributed by atoms with van der Waals surface area (Å²) in [5.74, 6) is 1.48. The maximum Gasteiger partial charge on any atom is 0.170 e. The number of hydrogen-bond acceptors (Lipinski definition) is 4. The fourth-order valence-corrected chi connectivity index (χ4v) is 1.56. The number of aromatic nitrogens is 1. The van der Waals surface area contributed by atoms with Gasteiger partial charge in [0.2, 0.25) is 0 Å². The van der Waals surface area contributed by atoms with Crippen molar-refractivity contribution in [2.75, 3.05) is 0 Å². The van der Waals surface area contributed by atoms with Crippen molar-refractivity contribution >= 4 is 0 Å². The Bertz CT molecular complexity index is 492. The highest BCUT2D eigenvalue weighted by atomic mass is 16.5. The number of para-hydroxylation sites is 1. The molecule has 0 atom stereocenters. The third-order valence-electron chi connectivity index (χ3n) is 2.28. The molecule has 1 aromatic carbocycles. The van der Waals surface area contributed by atoms with Gasteiger partial charge in [-0.2, -0.15) is 0 Å². The molecule has 2 rings (SSSR count). The summed E-state index contributed by atoms with van der Waals surface area (Å²) in [6.07, 6.45) is 0.119. The van der Waals surface area contributed by atoms with Crippen molar-refractivity contribution < 1.29 is 9.26 Å². The first kappa shape index (κ1) is 11.7. The van der Waals surface area contributed by atoms with E-state index in [2.05, 4.69) is 5.16 Å². The second-order valence-electron chi connectivity index (χ2n) is 4.05. The van der Waals surface area contributed by atoms with Crippen molar-refractivity contribution in [3.8, 4) is 17.1 Å². The second kappa shape index (κ2) is 5.01. The fourth-order valence-electron chi connectivity index (χ4n) is 1.56. The molecule has 0 saturated carbocycles. The molecule has 0 amide bonds.